The maximum absolute atomic E-state index is 12.9. The highest BCUT2D eigenvalue weighted by Gasteiger charge is 2.43. The van der Waals surface area contributed by atoms with E-state index in [1.165, 1.54) is 33.7 Å². The first-order valence-electron chi connectivity index (χ1n) is 7.39. The van der Waals surface area contributed by atoms with E-state index in [9.17, 15) is 22.4 Å². The van der Waals surface area contributed by atoms with Gasteiger partial charge < -0.3 is 10.5 Å². The predicted octanol–water partition coefficient (Wildman–Crippen LogP) is 3.45. The van der Waals surface area contributed by atoms with Gasteiger partial charge in [-0.25, -0.2) is 4.79 Å². The molecule has 1 aromatic heterocycles. The first-order valence-corrected chi connectivity index (χ1v) is 7.39. The number of alkyl halides is 4. The predicted molar refractivity (Wildman–Crippen MR) is 87.4 cm³/mol. The van der Waals surface area contributed by atoms with Crippen LogP contribution in [0.2, 0.25) is 0 Å². The Bertz CT molecular complexity index is 947. The second-order valence-corrected chi connectivity index (χ2v) is 5.37. The molecule has 0 saturated heterocycles. The number of anilines is 1. The molecule has 0 unspecified atom stereocenters. The van der Waals surface area contributed by atoms with Gasteiger partial charge in [0.1, 0.15) is 5.75 Å². The van der Waals surface area contributed by atoms with Crippen LogP contribution in [0.4, 0.5) is 23.2 Å². The summed E-state index contributed by atoms with van der Waals surface area (Å²) >= 11 is 0. The van der Waals surface area contributed by atoms with Crippen LogP contribution in [0.5, 0.6) is 5.75 Å². The lowest BCUT2D eigenvalue weighted by Crippen LogP contribution is -2.33. The highest BCUT2D eigenvalue weighted by molar-refractivity contribution is 5.45. The number of aromatic nitrogens is 2. The van der Waals surface area contributed by atoms with Gasteiger partial charge in [0.05, 0.1) is 11.4 Å². The van der Waals surface area contributed by atoms with Gasteiger partial charge in [0.15, 0.2) is 0 Å². The third-order valence-electron chi connectivity index (χ3n) is 3.57. The largest absolute Gasteiger partial charge is 0.461 e. The van der Waals surface area contributed by atoms with Gasteiger partial charge in [-0.2, -0.15) is 17.6 Å². The molecule has 0 fully saturated rings. The minimum atomic E-state index is -4.59. The molecule has 0 atom stereocenters. The summed E-state index contributed by atoms with van der Waals surface area (Å²) in [7, 11) is 0. The molecule has 9 heteroatoms. The number of nitrogens with two attached hydrogens (primary N) is 1. The molecule has 0 bridgehead atoms. The number of halogens is 4. The average Bonchev–Trinajstić information content (AvgIpc) is 2.97. The number of rotatable bonds is 5. The molecule has 0 aliphatic carbocycles. The van der Waals surface area contributed by atoms with E-state index in [2.05, 4.69) is 4.74 Å². The number of nitrogen functional groups attached to an aromatic ring is 1. The molecular formula is C17H13F4N3O2. The fourth-order valence-electron chi connectivity index (χ4n) is 2.28. The van der Waals surface area contributed by atoms with Crippen molar-refractivity contribution in [2.75, 3.05) is 5.73 Å². The number of nitrogens with zero attached hydrogens (tertiary/aromatic N) is 2. The number of imidazole rings is 1. The smallest absolute Gasteiger partial charge is 0.428 e. The second kappa shape index (κ2) is 6.58. The van der Waals surface area contributed by atoms with Gasteiger partial charge in [-0.15, -0.1) is 0 Å². The standard InChI is InChI=1S/C17H13F4N3O2/c18-15(19)17(20,21)26-14-7-5-13(6-8-14)24-10-9-23(16(24)25)12-3-1-11(22)2-4-12/h1-10,15H,22H2. The van der Waals surface area contributed by atoms with E-state index in [1.807, 2.05) is 0 Å². The first kappa shape index (κ1) is 17.6. The molecule has 1 heterocycles. The van der Waals surface area contributed by atoms with E-state index >= 15 is 0 Å². The van der Waals surface area contributed by atoms with Crippen molar-refractivity contribution in [2.24, 2.45) is 0 Å². The summed E-state index contributed by atoms with van der Waals surface area (Å²) in [4.78, 5) is 12.5. The zero-order chi connectivity index (χ0) is 18.9. The molecule has 136 valence electrons. The molecule has 0 amide bonds. The molecular weight excluding hydrogens is 354 g/mol. The van der Waals surface area contributed by atoms with Crippen LogP contribution in [0.1, 0.15) is 0 Å². The Morgan fingerprint density at radius 1 is 0.885 bits per heavy atom. The lowest BCUT2D eigenvalue weighted by atomic mass is 10.3. The van der Waals surface area contributed by atoms with Gasteiger partial charge in [0, 0.05) is 18.1 Å². The van der Waals surface area contributed by atoms with Crippen molar-refractivity contribution >= 4 is 5.69 Å². The summed E-state index contributed by atoms with van der Waals surface area (Å²) in [6, 6.07) is 11.4. The van der Waals surface area contributed by atoms with Crippen molar-refractivity contribution < 1.29 is 22.3 Å². The maximum atomic E-state index is 12.9. The van der Waals surface area contributed by atoms with Crippen LogP contribution in [-0.4, -0.2) is 21.7 Å². The molecule has 3 aromatic rings. The Morgan fingerprint density at radius 3 is 1.81 bits per heavy atom. The van der Waals surface area contributed by atoms with Gasteiger partial charge in [0.25, 0.3) is 0 Å². The Hall–Kier alpha value is -3.23. The molecule has 0 radical (unpaired) electrons. The zero-order valence-corrected chi connectivity index (χ0v) is 13.2. The summed E-state index contributed by atoms with van der Waals surface area (Å²) in [6.45, 7) is 0. The van der Waals surface area contributed by atoms with Crippen molar-refractivity contribution in [2.45, 2.75) is 12.5 Å². The van der Waals surface area contributed by atoms with Crippen molar-refractivity contribution in [3.05, 3.63) is 71.4 Å². The zero-order valence-electron chi connectivity index (χ0n) is 13.2. The van der Waals surface area contributed by atoms with Crippen molar-refractivity contribution in [3.8, 4) is 17.1 Å². The van der Waals surface area contributed by atoms with Gasteiger partial charge in [-0.1, -0.05) is 0 Å². The number of ether oxygens (including phenoxy) is 1. The van der Waals surface area contributed by atoms with Crippen LogP contribution in [-0.2, 0) is 0 Å². The second-order valence-electron chi connectivity index (χ2n) is 5.37. The van der Waals surface area contributed by atoms with Crippen LogP contribution in [0, 0.1) is 0 Å². The Morgan fingerprint density at radius 2 is 1.35 bits per heavy atom. The van der Waals surface area contributed by atoms with Crippen LogP contribution >= 0.6 is 0 Å². The van der Waals surface area contributed by atoms with Crippen molar-refractivity contribution in [1.82, 2.24) is 9.13 Å². The van der Waals surface area contributed by atoms with E-state index in [0.29, 0.717) is 17.1 Å². The normalized spacial score (nSPS) is 11.7. The third kappa shape index (κ3) is 3.41. The molecule has 0 aliphatic heterocycles. The van der Waals surface area contributed by atoms with E-state index in [0.717, 1.165) is 12.1 Å². The van der Waals surface area contributed by atoms with E-state index in [4.69, 9.17) is 5.73 Å². The van der Waals surface area contributed by atoms with Crippen LogP contribution < -0.4 is 16.2 Å². The lowest BCUT2D eigenvalue weighted by Gasteiger charge is -2.16. The summed E-state index contributed by atoms with van der Waals surface area (Å²) < 4.78 is 56.7. The van der Waals surface area contributed by atoms with E-state index < -0.39 is 24.0 Å². The van der Waals surface area contributed by atoms with Crippen LogP contribution in [0.25, 0.3) is 11.4 Å². The molecule has 0 saturated carbocycles. The number of hydrogen-bond donors (Lipinski definition) is 1. The SMILES string of the molecule is Nc1ccc(-n2ccn(-c3ccc(OC(F)(F)C(F)F)cc3)c2=O)cc1. The fraction of sp³-hybridized carbons (Fsp3) is 0.118. The van der Waals surface area contributed by atoms with Crippen molar-refractivity contribution in [3.63, 3.8) is 0 Å². The van der Waals surface area contributed by atoms with Crippen molar-refractivity contribution in [1.29, 1.82) is 0 Å². The van der Waals surface area contributed by atoms with Gasteiger partial charge in [-0.3, -0.25) is 9.13 Å². The molecule has 3 rings (SSSR count). The minimum Gasteiger partial charge on any atom is -0.428 e. The Balaban J connectivity index is 1.87. The quantitative estimate of drug-likeness (QED) is 0.555. The lowest BCUT2D eigenvalue weighted by molar-refractivity contribution is -0.253. The molecule has 0 spiro atoms. The summed E-state index contributed by atoms with van der Waals surface area (Å²) in [6.07, 6.45) is -5.51. The summed E-state index contributed by atoms with van der Waals surface area (Å²) in [5.74, 6) is -0.440. The summed E-state index contributed by atoms with van der Waals surface area (Å²) in [5.41, 5.74) is 6.72. The molecule has 2 aromatic carbocycles. The average molecular weight is 367 g/mol. The highest BCUT2D eigenvalue weighted by Crippen LogP contribution is 2.27. The summed E-state index contributed by atoms with van der Waals surface area (Å²) in [5, 5.41) is 0. The molecule has 5 nitrogen and oxygen atoms in total. The number of hydrogen-bond acceptors (Lipinski definition) is 3. The maximum Gasteiger partial charge on any atom is 0.461 e. The Labute approximate surface area is 144 Å². The molecule has 26 heavy (non-hydrogen) atoms. The molecule has 0 aliphatic rings. The van der Waals surface area contributed by atoms with E-state index in [1.54, 1.807) is 24.3 Å². The van der Waals surface area contributed by atoms with Crippen LogP contribution in [0.15, 0.2) is 65.7 Å². The third-order valence-corrected chi connectivity index (χ3v) is 3.57. The fourth-order valence-corrected chi connectivity index (χ4v) is 2.28. The highest BCUT2D eigenvalue weighted by atomic mass is 19.3. The van der Waals surface area contributed by atoms with Gasteiger partial charge in [-0.05, 0) is 48.5 Å². The van der Waals surface area contributed by atoms with Crippen LogP contribution in [0.3, 0.4) is 0 Å². The van der Waals surface area contributed by atoms with Gasteiger partial charge in [0.2, 0.25) is 0 Å². The Kier molecular flexibility index (Phi) is 4.45. The monoisotopic (exact) mass is 367 g/mol. The molecule has 2 N–H and O–H groups in total. The minimum absolute atomic E-state index is 0.358. The number of benzene rings is 2. The van der Waals surface area contributed by atoms with Gasteiger partial charge >= 0.3 is 18.2 Å². The first-order chi connectivity index (χ1) is 12.3. The topological polar surface area (TPSA) is 62.2 Å². The van der Waals surface area contributed by atoms with E-state index in [-0.39, 0.29) is 0 Å².